The fraction of sp³-hybridized carbons (Fsp3) is 0.0714. The van der Waals surface area contributed by atoms with Gasteiger partial charge in [-0.15, -0.1) is 0 Å². The van der Waals surface area contributed by atoms with Crippen molar-refractivity contribution in [3.8, 4) is 11.5 Å². The standard InChI is InChI=1S/C14H11Cl2NO3/c15-9-1-4-11(5-2-9)20-8-14(19)17-10-3-6-13(18)12(16)7-10/h1-7,18H,8H2,(H,17,19). The maximum Gasteiger partial charge on any atom is 0.262 e. The number of carbonyl (C=O) groups is 1. The van der Waals surface area contributed by atoms with E-state index in [1.54, 1.807) is 30.3 Å². The molecule has 2 aromatic rings. The van der Waals surface area contributed by atoms with Crippen molar-refractivity contribution < 1.29 is 14.6 Å². The number of hydrogen-bond acceptors (Lipinski definition) is 3. The zero-order valence-corrected chi connectivity index (χ0v) is 11.8. The van der Waals surface area contributed by atoms with Crippen LogP contribution in [0.2, 0.25) is 10.0 Å². The van der Waals surface area contributed by atoms with Crippen LogP contribution in [-0.4, -0.2) is 17.6 Å². The number of phenolic OH excluding ortho intramolecular Hbond substituents is 1. The van der Waals surface area contributed by atoms with Crippen LogP contribution in [0.3, 0.4) is 0 Å². The maximum absolute atomic E-state index is 11.7. The second kappa shape index (κ2) is 6.50. The van der Waals surface area contributed by atoms with Crippen molar-refractivity contribution in [2.45, 2.75) is 0 Å². The third-order valence-corrected chi connectivity index (χ3v) is 2.97. The molecule has 0 radical (unpaired) electrons. The molecule has 0 saturated heterocycles. The van der Waals surface area contributed by atoms with Crippen LogP contribution in [0.4, 0.5) is 5.69 Å². The second-order valence-corrected chi connectivity index (χ2v) is 4.80. The van der Waals surface area contributed by atoms with Crippen molar-refractivity contribution >= 4 is 34.8 Å². The highest BCUT2D eigenvalue weighted by Gasteiger charge is 2.06. The molecule has 2 rings (SSSR count). The van der Waals surface area contributed by atoms with Gasteiger partial charge in [-0.25, -0.2) is 0 Å². The third-order valence-electron chi connectivity index (χ3n) is 2.42. The molecule has 0 spiro atoms. The smallest absolute Gasteiger partial charge is 0.262 e. The summed E-state index contributed by atoms with van der Waals surface area (Å²) in [4.78, 5) is 11.7. The highest BCUT2D eigenvalue weighted by Crippen LogP contribution is 2.26. The summed E-state index contributed by atoms with van der Waals surface area (Å²) < 4.78 is 5.30. The molecule has 0 atom stereocenters. The Morgan fingerprint density at radius 2 is 1.85 bits per heavy atom. The predicted octanol–water partition coefficient (Wildman–Crippen LogP) is 3.72. The van der Waals surface area contributed by atoms with Crippen LogP contribution in [0.15, 0.2) is 42.5 Å². The molecule has 104 valence electrons. The van der Waals surface area contributed by atoms with Crippen molar-refractivity contribution in [1.29, 1.82) is 0 Å². The van der Waals surface area contributed by atoms with Crippen LogP contribution in [0.25, 0.3) is 0 Å². The number of benzene rings is 2. The number of aromatic hydroxyl groups is 1. The number of halogens is 2. The number of rotatable bonds is 4. The number of nitrogens with one attached hydrogen (secondary N) is 1. The Labute approximate surface area is 125 Å². The molecular formula is C14H11Cl2NO3. The molecule has 2 aromatic carbocycles. The van der Waals surface area contributed by atoms with Crippen LogP contribution in [0, 0.1) is 0 Å². The van der Waals surface area contributed by atoms with Gasteiger partial charge in [-0.05, 0) is 42.5 Å². The average Bonchev–Trinajstić information content (AvgIpc) is 2.42. The zero-order chi connectivity index (χ0) is 14.5. The van der Waals surface area contributed by atoms with Gasteiger partial charge in [-0.2, -0.15) is 0 Å². The van der Waals surface area contributed by atoms with Crippen LogP contribution in [0.1, 0.15) is 0 Å². The molecule has 0 saturated carbocycles. The first kappa shape index (κ1) is 14.5. The van der Waals surface area contributed by atoms with E-state index in [1.807, 2.05) is 0 Å². The molecule has 0 unspecified atom stereocenters. The molecule has 4 nitrogen and oxygen atoms in total. The summed E-state index contributed by atoms with van der Waals surface area (Å²) in [5, 5.41) is 12.6. The average molecular weight is 312 g/mol. The lowest BCUT2D eigenvalue weighted by Crippen LogP contribution is -2.20. The lowest BCUT2D eigenvalue weighted by Gasteiger charge is -2.08. The molecule has 1 amide bonds. The molecule has 0 aromatic heterocycles. The van der Waals surface area contributed by atoms with Crippen LogP contribution >= 0.6 is 23.2 Å². The molecule has 0 bridgehead atoms. The van der Waals surface area contributed by atoms with Gasteiger partial charge >= 0.3 is 0 Å². The Morgan fingerprint density at radius 1 is 1.15 bits per heavy atom. The Hall–Kier alpha value is -1.91. The van der Waals surface area contributed by atoms with Gasteiger partial charge in [0.05, 0.1) is 5.02 Å². The lowest BCUT2D eigenvalue weighted by molar-refractivity contribution is -0.118. The van der Waals surface area contributed by atoms with E-state index in [-0.39, 0.29) is 23.3 Å². The number of phenols is 1. The first-order valence-corrected chi connectivity index (χ1v) is 6.47. The largest absolute Gasteiger partial charge is 0.506 e. The minimum atomic E-state index is -0.332. The van der Waals surface area contributed by atoms with Gasteiger partial charge in [0.1, 0.15) is 11.5 Å². The fourth-order valence-corrected chi connectivity index (χ4v) is 1.77. The minimum absolute atomic E-state index is 0.0397. The summed E-state index contributed by atoms with van der Waals surface area (Å²) in [7, 11) is 0. The number of anilines is 1. The van der Waals surface area contributed by atoms with Crippen LogP contribution < -0.4 is 10.1 Å². The Bertz CT molecular complexity index is 614. The first-order chi connectivity index (χ1) is 9.54. The highest BCUT2D eigenvalue weighted by molar-refractivity contribution is 6.32. The van der Waals surface area contributed by atoms with Crippen molar-refractivity contribution in [2.75, 3.05) is 11.9 Å². The number of hydrogen-bond donors (Lipinski definition) is 2. The summed E-state index contributed by atoms with van der Waals surface area (Å²) in [6.45, 7) is -0.139. The summed E-state index contributed by atoms with van der Waals surface area (Å²) in [5.74, 6) is 0.178. The predicted molar refractivity (Wildman–Crippen MR) is 78.7 cm³/mol. The summed E-state index contributed by atoms with van der Waals surface area (Å²) in [5.41, 5.74) is 0.484. The maximum atomic E-state index is 11.7. The number of carbonyl (C=O) groups excluding carboxylic acids is 1. The van der Waals surface area contributed by atoms with Gasteiger partial charge in [-0.1, -0.05) is 23.2 Å². The van der Waals surface area contributed by atoms with Crippen molar-refractivity contribution in [2.24, 2.45) is 0 Å². The Balaban J connectivity index is 1.89. The third kappa shape index (κ3) is 4.05. The summed E-state index contributed by atoms with van der Waals surface area (Å²) in [6.07, 6.45) is 0. The molecule has 0 aliphatic carbocycles. The fourth-order valence-electron chi connectivity index (χ4n) is 1.46. The van der Waals surface area contributed by atoms with E-state index in [0.717, 1.165) is 0 Å². The normalized spacial score (nSPS) is 10.1. The lowest BCUT2D eigenvalue weighted by atomic mass is 10.3. The Kier molecular flexibility index (Phi) is 4.71. The second-order valence-electron chi connectivity index (χ2n) is 3.96. The van der Waals surface area contributed by atoms with Crippen LogP contribution in [-0.2, 0) is 4.79 Å². The molecule has 0 fully saturated rings. The molecule has 6 heteroatoms. The SMILES string of the molecule is O=C(COc1ccc(Cl)cc1)Nc1ccc(O)c(Cl)c1. The molecule has 0 aliphatic heterocycles. The number of amides is 1. The topological polar surface area (TPSA) is 58.6 Å². The van der Waals surface area contributed by atoms with E-state index in [0.29, 0.717) is 16.5 Å². The monoisotopic (exact) mass is 311 g/mol. The van der Waals surface area contributed by atoms with Gasteiger partial charge < -0.3 is 15.2 Å². The molecule has 20 heavy (non-hydrogen) atoms. The van der Waals surface area contributed by atoms with Crippen LogP contribution in [0.5, 0.6) is 11.5 Å². The molecule has 2 N–H and O–H groups in total. The van der Waals surface area contributed by atoms with Gasteiger partial charge in [0.25, 0.3) is 5.91 Å². The molecule has 0 aliphatic rings. The quantitative estimate of drug-likeness (QED) is 0.846. The van der Waals surface area contributed by atoms with Crippen molar-refractivity contribution in [3.05, 3.63) is 52.5 Å². The van der Waals surface area contributed by atoms with E-state index < -0.39 is 0 Å². The van der Waals surface area contributed by atoms with E-state index in [9.17, 15) is 9.90 Å². The van der Waals surface area contributed by atoms with Gasteiger partial charge in [0.2, 0.25) is 0 Å². The first-order valence-electron chi connectivity index (χ1n) is 5.71. The highest BCUT2D eigenvalue weighted by atomic mass is 35.5. The van der Waals surface area contributed by atoms with Crippen molar-refractivity contribution in [3.63, 3.8) is 0 Å². The van der Waals surface area contributed by atoms with E-state index in [2.05, 4.69) is 5.32 Å². The Morgan fingerprint density at radius 3 is 2.50 bits per heavy atom. The molecular weight excluding hydrogens is 301 g/mol. The van der Waals surface area contributed by atoms with E-state index in [4.69, 9.17) is 27.9 Å². The minimum Gasteiger partial charge on any atom is -0.506 e. The molecule has 0 heterocycles. The van der Waals surface area contributed by atoms with E-state index in [1.165, 1.54) is 12.1 Å². The van der Waals surface area contributed by atoms with Crippen molar-refractivity contribution in [1.82, 2.24) is 0 Å². The summed E-state index contributed by atoms with van der Waals surface area (Å²) in [6, 6.07) is 11.1. The van der Waals surface area contributed by atoms with E-state index >= 15 is 0 Å². The zero-order valence-electron chi connectivity index (χ0n) is 10.3. The van der Waals surface area contributed by atoms with Gasteiger partial charge in [0.15, 0.2) is 6.61 Å². The van der Waals surface area contributed by atoms with Gasteiger partial charge in [-0.3, -0.25) is 4.79 Å². The summed E-state index contributed by atoms with van der Waals surface area (Å²) >= 11 is 11.5. The van der Waals surface area contributed by atoms with Gasteiger partial charge in [0, 0.05) is 10.7 Å². The number of ether oxygens (including phenoxy) is 1.